The molecular formula is C17H19N3OS. The highest BCUT2D eigenvalue weighted by molar-refractivity contribution is 7.99. The number of carbonyl (C=O) groups excluding carboxylic acids is 1. The molecule has 5 heteroatoms. The first-order chi connectivity index (χ1) is 10.7. The minimum atomic E-state index is -0.148. The van der Waals surface area contributed by atoms with Crippen molar-refractivity contribution in [2.24, 2.45) is 0 Å². The van der Waals surface area contributed by atoms with Crippen LogP contribution in [0.4, 0.5) is 5.82 Å². The Morgan fingerprint density at radius 1 is 1.23 bits per heavy atom. The Bertz CT molecular complexity index is 651. The van der Waals surface area contributed by atoms with E-state index < -0.39 is 0 Å². The highest BCUT2D eigenvalue weighted by Gasteiger charge is 2.20. The number of amides is 1. The lowest BCUT2D eigenvalue weighted by molar-refractivity contribution is 0.102. The highest BCUT2D eigenvalue weighted by Crippen LogP contribution is 2.35. The summed E-state index contributed by atoms with van der Waals surface area (Å²) in [6, 6.07) is 7.37. The zero-order chi connectivity index (χ0) is 15.4. The van der Waals surface area contributed by atoms with E-state index in [1.165, 1.54) is 25.7 Å². The van der Waals surface area contributed by atoms with E-state index >= 15 is 0 Å². The lowest BCUT2D eigenvalue weighted by Gasteiger charge is -2.12. The normalized spacial score (nSPS) is 15.0. The zero-order valence-electron chi connectivity index (χ0n) is 12.6. The van der Waals surface area contributed by atoms with Gasteiger partial charge in [-0.15, -0.1) is 11.8 Å². The van der Waals surface area contributed by atoms with Gasteiger partial charge in [-0.3, -0.25) is 4.79 Å². The summed E-state index contributed by atoms with van der Waals surface area (Å²) in [5, 5.41) is 4.25. The van der Waals surface area contributed by atoms with Crippen LogP contribution in [-0.2, 0) is 0 Å². The van der Waals surface area contributed by atoms with Crippen LogP contribution in [0.2, 0.25) is 0 Å². The van der Waals surface area contributed by atoms with Gasteiger partial charge in [-0.2, -0.15) is 0 Å². The second kappa shape index (κ2) is 6.92. The van der Waals surface area contributed by atoms with E-state index in [-0.39, 0.29) is 5.91 Å². The molecule has 1 aliphatic carbocycles. The number of nitrogens with one attached hydrogen (secondary N) is 1. The molecule has 1 N–H and O–H groups in total. The third-order valence-corrected chi connectivity index (χ3v) is 5.10. The fourth-order valence-electron chi connectivity index (χ4n) is 2.55. The summed E-state index contributed by atoms with van der Waals surface area (Å²) in [5.41, 5.74) is 1.69. The number of rotatable bonds is 4. The van der Waals surface area contributed by atoms with Crippen LogP contribution >= 0.6 is 11.8 Å². The van der Waals surface area contributed by atoms with E-state index in [9.17, 15) is 4.79 Å². The van der Waals surface area contributed by atoms with E-state index in [4.69, 9.17) is 0 Å². The molecule has 1 aliphatic rings. The van der Waals surface area contributed by atoms with Crippen LogP contribution in [0.15, 0.2) is 41.7 Å². The molecule has 0 bridgehead atoms. The highest BCUT2D eigenvalue weighted by atomic mass is 32.2. The van der Waals surface area contributed by atoms with Crippen molar-refractivity contribution in [1.29, 1.82) is 0 Å². The first-order valence-corrected chi connectivity index (χ1v) is 8.46. The minimum Gasteiger partial charge on any atom is -0.306 e. The molecular weight excluding hydrogens is 294 g/mol. The topological polar surface area (TPSA) is 54.9 Å². The summed E-state index contributed by atoms with van der Waals surface area (Å²) in [4.78, 5) is 21.1. The molecule has 2 heterocycles. The van der Waals surface area contributed by atoms with Crippen LogP contribution < -0.4 is 5.32 Å². The average molecular weight is 313 g/mol. The molecule has 0 spiro atoms. The lowest BCUT2D eigenvalue weighted by atomic mass is 10.2. The molecule has 0 aliphatic heterocycles. The van der Waals surface area contributed by atoms with Crippen LogP contribution in [0, 0.1) is 6.92 Å². The van der Waals surface area contributed by atoms with Crippen molar-refractivity contribution in [3.05, 3.63) is 47.8 Å². The summed E-state index contributed by atoms with van der Waals surface area (Å²) in [5.74, 6) is 0.418. The monoisotopic (exact) mass is 313 g/mol. The molecule has 0 radical (unpaired) electrons. The summed E-state index contributed by atoms with van der Waals surface area (Å²) in [6.07, 6.45) is 8.47. The van der Waals surface area contributed by atoms with Gasteiger partial charge in [-0.1, -0.05) is 18.9 Å². The number of aryl methyl sites for hydroxylation is 1. The van der Waals surface area contributed by atoms with Crippen molar-refractivity contribution in [3.8, 4) is 0 Å². The molecule has 114 valence electrons. The van der Waals surface area contributed by atoms with Gasteiger partial charge in [-0.25, -0.2) is 9.97 Å². The Labute approximate surface area is 134 Å². The van der Waals surface area contributed by atoms with Gasteiger partial charge in [-0.05, 0) is 43.5 Å². The van der Waals surface area contributed by atoms with E-state index in [0.717, 1.165) is 10.6 Å². The maximum atomic E-state index is 12.5. The Hall–Kier alpha value is -1.88. The van der Waals surface area contributed by atoms with Crippen LogP contribution in [0.5, 0.6) is 0 Å². The molecule has 1 saturated carbocycles. The Kier molecular flexibility index (Phi) is 4.73. The van der Waals surface area contributed by atoms with Gasteiger partial charge in [0.2, 0.25) is 0 Å². The molecule has 0 atom stereocenters. The minimum absolute atomic E-state index is 0.148. The van der Waals surface area contributed by atoms with Gasteiger partial charge in [0, 0.05) is 17.6 Å². The summed E-state index contributed by atoms with van der Waals surface area (Å²) < 4.78 is 0. The maximum Gasteiger partial charge on any atom is 0.259 e. The van der Waals surface area contributed by atoms with Crippen molar-refractivity contribution in [3.63, 3.8) is 0 Å². The molecule has 4 nitrogen and oxygen atoms in total. The van der Waals surface area contributed by atoms with Crippen molar-refractivity contribution in [1.82, 2.24) is 9.97 Å². The zero-order valence-corrected chi connectivity index (χ0v) is 13.4. The van der Waals surface area contributed by atoms with Gasteiger partial charge in [0.05, 0.1) is 5.56 Å². The van der Waals surface area contributed by atoms with E-state index in [1.54, 1.807) is 30.2 Å². The number of hydrogen-bond acceptors (Lipinski definition) is 4. The second-order valence-electron chi connectivity index (χ2n) is 5.56. The molecule has 0 saturated heterocycles. The Morgan fingerprint density at radius 3 is 2.77 bits per heavy atom. The summed E-state index contributed by atoms with van der Waals surface area (Å²) in [7, 11) is 0. The van der Waals surface area contributed by atoms with Crippen LogP contribution in [0.25, 0.3) is 0 Å². The van der Waals surface area contributed by atoms with Gasteiger partial charge in [0.25, 0.3) is 5.91 Å². The summed E-state index contributed by atoms with van der Waals surface area (Å²) in [6.45, 7) is 1.97. The quantitative estimate of drug-likeness (QED) is 0.924. The molecule has 2 aromatic rings. The third-order valence-electron chi connectivity index (χ3n) is 3.75. The molecule has 1 amide bonds. The van der Waals surface area contributed by atoms with Crippen LogP contribution in [0.3, 0.4) is 0 Å². The predicted octanol–water partition coefficient (Wildman–Crippen LogP) is 4.07. The first-order valence-electron chi connectivity index (χ1n) is 7.58. The molecule has 0 aromatic carbocycles. The standard InChI is InChI=1S/C17H19N3OS/c1-12-8-9-15(19-11-12)20-16(21)14-7-4-10-18-17(14)22-13-5-2-3-6-13/h4,7-11,13H,2-3,5-6H2,1H3,(H,19,20,21). The van der Waals surface area contributed by atoms with Crippen molar-refractivity contribution in [2.45, 2.75) is 42.9 Å². The second-order valence-corrected chi connectivity index (χ2v) is 6.84. The van der Waals surface area contributed by atoms with Gasteiger partial charge in [0.15, 0.2) is 0 Å². The number of aromatic nitrogens is 2. The van der Waals surface area contributed by atoms with Gasteiger partial charge < -0.3 is 5.32 Å². The van der Waals surface area contributed by atoms with Crippen molar-refractivity contribution >= 4 is 23.5 Å². The number of nitrogens with zero attached hydrogens (tertiary/aromatic N) is 2. The average Bonchev–Trinajstić information content (AvgIpc) is 3.03. The van der Waals surface area contributed by atoms with Crippen molar-refractivity contribution < 1.29 is 4.79 Å². The number of carbonyl (C=O) groups is 1. The Balaban J connectivity index is 1.75. The predicted molar refractivity (Wildman–Crippen MR) is 89.3 cm³/mol. The number of anilines is 1. The first kappa shape index (κ1) is 15.0. The lowest BCUT2D eigenvalue weighted by Crippen LogP contribution is -2.15. The fourth-order valence-corrected chi connectivity index (χ4v) is 3.84. The van der Waals surface area contributed by atoms with E-state index in [1.807, 2.05) is 25.1 Å². The number of hydrogen-bond donors (Lipinski definition) is 1. The third kappa shape index (κ3) is 3.65. The SMILES string of the molecule is Cc1ccc(NC(=O)c2cccnc2SC2CCCC2)nc1. The number of thioether (sulfide) groups is 1. The van der Waals surface area contributed by atoms with E-state index in [2.05, 4.69) is 15.3 Å². The fraction of sp³-hybridized carbons (Fsp3) is 0.353. The van der Waals surface area contributed by atoms with Crippen LogP contribution in [0.1, 0.15) is 41.6 Å². The molecule has 22 heavy (non-hydrogen) atoms. The maximum absolute atomic E-state index is 12.5. The van der Waals surface area contributed by atoms with Gasteiger partial charge in [0.1, 0.15) is 10.8 Å². The number of pyridine rings is 2. The molecule has 1 fully saturated rings. The molecule has 2 aromatic heterocycles. The largest absolute Gasteiger partial charge is 0.306 e. The molecule has 3 rings (SSSR count). The molecule has 0 unspecified atom stereocenters. The summed E-state index contributed by atoms with van der Waals surface area (Å²) >= 11 is 1.73. The van der Waals surface area contributed by atoms with Gasteiger partial charge >= 0.3 is 0 Å². The smallest absolute Gasteiger partial charge is 0.259 e. The van der Waals surface area contributed by atoms with Crippen molar-refractivity contribution in [2.75, 3.05) is 5.32 Å². The van der Waals surface area contributed by atoms with Crippen LogP contribution in [-0.4, -0.2) is 21.1 Å². The Morgan fingerprint density at radius 2 is 2.05 bits per heavy atom. The van der Waals surface area contributed by atoms with E-state index in [0.29, 0.717) is 16.6 Å².